The lowest BCUT2D eigenvalue weighted by atomic mass is 9.78. The van der Waals surface area contributed by atoms with E-state index in [2.05, 4.69) is 0 Å². The van der Waals surface area contributed by atoms with Crippen LogP contribution in [0.4, 0.5) is 0 Å². The van der Waals surface area contributed by atoms with Gasteiger partial charge >= 0.3 is 0 Å². The normalized spacial score (nSPS) is 19.2. The summed E-state index contributed by atoms with van der Waals surface area (Å²) in [4.78, 5) is 14.5. The molecular weight excluding hydrogens is 354 g/mol. The number of amides is 1. The number of rotatable bonds is 9. The highest BCUT2D eigenvalue weighted by atomic mass is 16.5. The summed E-state index contributed by atoms with van der Waals surface area (Å²) in [6, 6.07) is 19.2. The summed E-state index contributed by atoms with van der Waals surface area (Å²) < 4.78 is 11.5. The molecule has 2 aromatic rings. The first kappa shape index (κ1) is 20.2. The molecule has 1 aliphatic heterocycles. The molecule has 0 aliphatic carbocycles. The van der Waals surface area contributed by atoms with Crippen LogP contribution >= 0.6 is 0 Å². The molecule has 5 nitrogen and oxygen atoms in total. The molecule has 0 aromatic heterocycles. The molecule has 1 aliphatic rings. The molecule has 28 heavy (non-hydrogen) atoms. The van der Waals surface area contributed by atoms with Gasteiger partial charge < -0.3 is 19.5 Å². The zero-order valence-electron chi connectivity index (χ0n) is 16.3. The minimum atomic E-state index is -0.289. The second kappa shape index (κ2) is 10.1. The third-order valence-electron chi connectivity index (χ3n) is 5.32. The molecule has 1 N–H and O–H groups in total. The van der Waals surface area contributed by atoms with Crippen LogP contribution in [0.25, 0.3) is 0 Å². The van der Waals surface area contributed by atoms with E-state index in [-0.39, 0.29) is 17.9 Å². The summed E-state index contributed by atoms with van der Waals surface area (Å²) in [6.45, 7) is 2.28. The van der Waals surface area contributed by atoms with Crippen molar-refractivity contribution in [3.8, 4) is 11.5 Å². The zero-order chi connectivity index (χ0) is 19.7. The Hall–Kier alpha value is -2.53. The standard InChI is InChI=1S/C23H29NO4/c25-19-23(14-17-28-21-10-5-2-6-11-21)13-7-15-24(18-23)22(26)12-16-27-20-8-3-1-4-9-20/h1-6,8-11,25H,7,12-19H2. The maximum absolute atomic E-state index is 12.6. The second-order valence-electron chi connectivity index (χ2n) is 7.40. The summed E-state index contributed by atoms with van der Waals surface area (Å²) in [7, 11) is 0. The van der Waals surface area contributed by atoms with Gasteiger partial charge in [0.25, 0.3) is 0 Å². The average molecular weight is 383 g/mol. The van der Waals surface area contributed by atoms with Gasteiger partial charge in [0, 0.05) is 18.5 Å². The van der Waals surface area contributed by atoms with Crippen LogP contribution in [-0.2, 0) is 4.79 Å². The molecule has 1 saturated heterocycles. The van der Waals surface area contributed by atoms with Crippen LogP contribution in [0.1, 0.15) is 25.7 Å². The Balaban J connectivity index is 1.47. The number of para-hydroxylation sites is 2. The van der Waals surface area contributed by atoms with E-state index in [0.29, 0.717) is 26.2 Å². The van der Waals surface area contributed by atoms with Gasteiger partial charge in [-0.05, 0) is 43.5 Å². The minimum absolute atomic E-state index is 0.0649. The van der Waals surface area contributed by atoms with E-state index in [4.69, 9.17) is 9.47 Å². The van der Waals surface area contributed by atoms with Gasteiger partial charge in [-0.3, -0.25) is 4.79 Å². The Labute approximate surface area is 166 Å². The lowest BCUT2D eigenvalue weighted by Crippen LogP contribution is -2.48. The smallest absolute Gasteiger partial charge is 0.226 e. The van der Waals surface area contributed by atoms with E-state index in [1.807, 2.05) is 65.6 Å². The average Bonchev–Trinajstić information content (AvgIpc) is 2.75. The number of piperidine rings is 1. The van der Waals surface area contributed by atoms with Crippen molar-refractivity contribution in [2.45, 2.75) is 25.7 Å². The Morgan fingerprint density at radius 1 is 0.964 bits per heavy atom. The quantitative estimate of drug-likeness (QED) is 0.720. The van der Waals surface area contributed by atoms with Crippen molar-refractivity contribution in [3.05, 3.63) is 60.7 Å². The molecule has 3 rings (SSSR count). The van der Waals surface area contributed by atoms with Gasteiger partial charge in [-0.1, -0.05) is 36.4 Å². The van der Waals surface area contributed by atoms with Gasteiger partial charge in [0.1, 0.15) is 11.5 Å². The first-order valence-corrected chi connectivity index (χ1v) is 9.95. The molecule has 0 bridgehead atoms. The first-order chi connectivity index (χ1) is 13.7. The van der Waals surface area contributed by atoms with Crippen molar-refractivity contribution < 1.29 is 19.4 Å². The second-order valence-corrected chi connectivity index (χ2v) is 7.40. The molecule has 150 valence electrons. The minimum Gasteiger partial charge on any atom is -0.494 e. The van der Waals surface area contributed by atoms with Crippen molar-refractivity contribution in [1.29, 1.82) is 0 Å². The number of ether oxygens (including phenoxy) is 2. The van der Waals surface area contributed by atoms with Gasteiger partial charge in [0.15, 0.2) is 0 Å². The van der Waals surface area contributed by atoms with Crippen LogP contribution in [-0.4, -0.2) is 48.8 Å². The van der Waals surface area contributed by atoms with E-state index in [9.17, 15) is 9.90 Å². The summed E-state index contributed by atoms with van der Waals surface area (Å²) in [5.41, 5.74) is -0.289. The summed E-state index contributed by atoms with van der Waals surface area (Å²) in [5.74, 6) is 1.69. The number of nitrogens with zero attached hydrogens (tertiary/aromatic N) is 1. The maximum Gasteiger partial charge on any atom is 0.226 e. The van der Waals surface area contributed by atoms with Gasteiger partial charge in [-0.2, -0.15) is 0 Å². The Morgan fingerprint density at radius 3 is 2.18 bits per heavy atom. The topological polar surface area (TPSA) is 59.0 Å². The molecule has 1 unspecified atom stereocenters. The van der Waals surface area contributed by atoms with E-state index in [1.165, 1.54) is 0 Å². The number of aliphatic hydroxyl groups excluding tert-OH is 1. The molecule has 1 amide bonds. The fraction of sp³-hybridized carbons (Fsp3) is 0.435. The molecule has 1 fully saturated rings. The predicted molar refractivity (Wildman–Crippen MR) is 108 cm³/mol. The zero-order valence-corrected chi connectivity index (χ0v) is 16.3. The molecular formula is C23H29NO4. The van der Waals surface area contributed by atoms with Gasteiger partial charge in [0.05, 0.1) is 26.2 Å². The van der Waals surface area contributed by atoms with Crippen molar-refractivity contribution >= 4 is 5.91 Å². The Morgan fingerprint density at radius 2 is 1.57 bits per heavy atom. The lowest BCUT2D eigenvalue weighted by molar-refractivity contribution is -0.136. The largest absolute Gasteiger partial charge is 0.494 e. The molecule has 0 saturated carbocycles. The van der Waals surface area contributed by atoms with Gasteiger partial charge in [0.2, 0.25) is 5.91 Å². The number of carbonyl (C=O) groups is 1. The summed E-state index contributed by atoms with van der Waals surface area (Å²) in [6.07, 6.45) is 2.88. The number of hydrogen-bond acceptors (Lipinski definition) is 4. The lowest BCUT2D eigenvalue weighted by Gasteiger charge is -2.42. The van der Waals surface area contributed by atoms with Crippen LogP contribution in [0.5, 0.6) is 11.5 Å². The number of hydrogen-bond donors (Lipinski definition) is 1. The third-order valence-corrected chi connectivity index (χ3v) is 5.32. The van der Waals surface area contributed by atoms with Crippen LogP contribution < -0.4 is 9.47 Å². The third kappa shape index (κ3) is 5.73. The highest BCUT2D eigenvalue weighted by Gasteiger charge is 2.36. The number of carbonyl (C=O) groups excluding carboxylic acids is 1. The number of aliphatic hydroxyl groups is 1. The van der Waals surface area contributed by atoms with Crippen molar-refractivity contribution in [1.82, 2.24) is 4.90 Å². The van der Waals surface area contributed by atoms with Crippen molar-refractivity contribution in [2.24, 2.45) is 5.41 Å². The molecule has 1 heterocycles. The Kier molecular flexibility index (Phi) is 7.31. The van der Waals surface area contributed by atoms with E-state index < -0.39 is 0 Å². The van der Waals surface area contributed by atoms with Crippen LogP contribution in [0.3, 0.4) is 0 Å². The van der Waals surface area contributed by atoms with Crippen LogP contribution in [0.2, 0.25) is 0 Å². The van der Waals surface area contributed by atoms with Crippen molar-refractivity contribution in [2.75, 3.05) is 32.9 Å². The Bertz CT molecular complexity index is 722. The fourth-order valence-corrected chi connectivity index (χ4v) is 3.67. The fourth-order valence-electron chi connectivity index (χ4n) is 3.67. The van der Waals surface area contributed by atoms with Crippen LogP contribution in [0, 0.1) is 5.41 Å². The molecule has 2 aromatic carbocycles. The van der Waals surface area contributed by atoms with Crippen molar-refractivity contribution in [3.63, 3.8) is 0 Å². The van der Waals surface area contributed by atoms with E-state index in [1.54, 1.807) is 0 Å². The predicted octanol–water partition coefficient (Wildman–Crippen LogP) is 3.53. The van der Waals surface area contributed by atoms with Crippen LogP contribution in [0.15, 0.2) is 60.7 Å². The van der Waals surface area contributed by atoms with Gasteiger partial charge in [-0.15, -0.1) is 0 Å². The molecule has 0 spiro atoms. The number of benzene rings is 2. The molecule has 1 atom stereocenters. The first-order valence-electron chi connectivity index (χ1n) is 9.95. The monoisotopic (exact) mass is 383 g/mol. The van der Waals surface area contributed by atoms with E-state index in [0.717, 1.165) is 37.3 Å². The molecule has 0 radical (unpaired) electrons. The summed E-state index contributed by atoms with van der Waals surface area (Å²) in [5, 5.41) is 10.0. The maximum atomic E-state index is 12.6. The highest BCUT2D eigenvalue weighted by molar-refractivity contribution is 5.76. The van der Waals surface area contributed by atoms with Gasteiger partial charge in [-0.25, -0.2) is 0 Å². The number of likely N-dealkylation sites (tertiary alicyclic amines) is 1. The molecule has 5 heteroatoms. The SMILES string of the molecule is O=C(CCOc1ccccc1)N1CCCC(CO)(CCOc2ccccc2)C1. The highest BCUT2D eigenvalue weighted by Crippen LogP contribution is 2.33. The summed E-state index contributed by atoms with van der Waals surface area (Å²) >= 11 is 0. The van der Waals surface area contributed by atoms with E-state index >= 15 is 0 Å².